The predicted octanol–water partition coefficient (Wildman–Crippen LogP) is 9.57. The molecule has 0 aliphatic heterocycles. The summed E-state index contributed by atoms with van der Waals surface area (Å²) in [6, 6.07) is -0.000619. The molecule has 0 unspecified atom stereocenters. The molecule has 0 radical (unpaired) electrons. The summed E-state index contributed by atoms with van der Waals surface area (Å²) in [6.07, 6.45) is 38.5. The Bertz CT molecular complexity index is 1030. The van der Waals surface area contributed by atoms with Gasteiger partial charge in [0.2, 0.25) is 23.6 Å². The summed E-state index contributed by atoms with van der Waals surface area (Å²) in [4.78, 5) is 51.2. The molecule has 0 spiro atoms. The largest absolute Gasteiger partial charge is 0.350 e. The van der Waals surface area contributed by atoms with Gasteiger partial charge in [-0.3, -0.25) is 19.2 Å². The van der Waals surface area contributed by atoms with Gasteiger partial charge in [0.1, 0.15) is 0 Å². The zero-order valence-corrected chi connectivity index (χ0v) is 33.9. The lowest BCUT2D eigenvalue weighted by Crippen LogP contribution is -2.34. The van der Waals surface area contributed by atoms with Crippen molar-refractivity contribution in [3.05, 3.63) is 74.2 Å². The summed E-state index contributed by atoms with van der Waals surface area (Å²) in [5, 5.41) is 6.11. The van der Waals surface area contributed by atoms with Gasteiger partial charge in [-0.05, 0) is 63.5 Å². The third-order valence-electron chi connectivity index (χ3n) is 8.46. The molecular formula is C43H72N4O4S. The van der Waals surface area contributed by atoms with E-state index < -0.39 is 0 Å². The first-order valence-corrected chi connectivity index (χ1v) is 20.8. The highest BCUT2D eigenvalue weighted by molar-refractivity contribution is 7.99. The van der Waals surface area contributed by atoms with Crippen molar-refractivity contribution in [2.75, 3.05) is 25.6 Å². The van der Waals surface area contributed by atoms with Crippen molar-refractivity contribution >= 4 is 35.4 Å². The molecule has 0 saturated carbocycles. The van der Waals surface area contributed by atoms with E-state index in [4.69, 9.17) is 0 Å². The number of carbonyl (C=O) groups excluding carboxylic acids is 4. The van der Waals surface area contributed by atoms with Crippen molar-refractivity contribution in [1.29, 1.82) is 0 Å². The van der Waals surface area contributed by atoms with Crippen LogP contribution in [0.15, 0.2) is 74.2 Å². The zero-order chi connectivity index (χ0) is 38.7. The molecule has 2 N–H and O–H groups in total. The van der Waals surface area contributed by atoms with Gasteiger partial charge in [-0.15, -0.1) is 13.2 Å². The van der Waals surface area contributed by atoms with Crippen LogP contribution >= 0.6 is 11.8 Å². The Kier molecular flexibility index (Phi) is 32.5. The topological polar surface area (TPSA) is 98.8 Å². The lowest BCUT2D eigenvalue weighted by Gasteiger charge is -2.16. The normalized spacial score (nSPS) is 12.8. The Morgan fingerprint density at radius 1 is 0.596 bits per heavy atom. The van der Waals surface area contributed by atoms with Crippen molar-refractivity contribution in [1.82, 2.24) is 20.4 Å². The molecule has 0 aromatic rings. The Hall–Kier alpha value is -3.33. The van der Waals surface area contributed by atoms with Crippen LogP contribution < -0.4 is 10.6 Å². The van der Waals surface area contributed by atoms with Gasteiger partial charge in [-0.25, -0.2) is 0 Å². The minimum Gasteiger partial charge on any atom is -0.350 e. The number of carbonyl (C=O) groups is 4. The molecule has 0 saturated heterocycles. The van der Waals surface area contributed by atoms with E-state index in [-0.39, 0.29) is 35.7 Å². The maximum Gasteiger partial charge on any atom is 0.226 e. The van der Waals surface area contributed by atoms with E-state index >= 15 is 0 Å². The highest BCUT2D eigenvalue weighted by Gasteiger charge is 2.10. The van der Waals surface area contributed by atoms with Gasteiger partial charge in [-0.2, -0.15) is 11.8 Å². The first kappa shape index (κ1) is 48.7. The first-order valence-electron chi connectivity index (χ1n) is 19.6. The van der Waals surface area contributed by atoms with Crippen LogP contribution in [0.2, 0.25) is 0 Å². The van der Waals surface area contributed by atoms with Crippen molar-refractivity contribution < 1.29 is 19.2 Å². The quantitative estimate of drug-likeness (QED) is 0.0516. The zero-order valence-electron chi connectivity index (χ0n) is 33.1. The molecular weight excluding hydrogens is 669 g/mol. The average molecular weight is 741 g/mol. The number of rotatable bonds is 33. The van der Waals surface area contributed by atoms with Crippen LogP contribution in [0, 0.1) is 0 Å². The molecule has 0 rings (SSSR count). The van der Waals surface area contributed by atoms with Gasteiger partial charge in [0, 0.05) is 65.0 Å². The Morgan fingerprint density at radius 3 is 1.44 bits per heavy atom. The van der Waals surface area contributed by atoms with E-state index in [1.807, 2.05) is 36.7 Å². The van der Waals surface area contributed by atoms with Crippen LogP contribution in [0.4, 0.5) is 0 Å². The van der Waals surface area contributed by atoms with Crippen LogP contribution in [0.1, 0.15) is 136 Å². The van der Waals surface area contributed by atoms with E-state index in [0.717, 1.165) is 108 Å². The molecule has 0 aromatic heterocycles. The van der Waals surface area contributed by atoms with E-state index in [9.17, 15) is 19.2 Å². The highest BCUT2D eigenvalue weighted by Crippen LogP contribution is 2.14. The Balaban J connectivity index is 4.22. The maximum atomic E-state index is 12.1. The van der Waals surface area contributed by atoms with Gasteiger partial charge >= 0.3 is 0 Å². The second kappa shape index (κ2) is 34.7. The number of thioether (sulfide) groups is 1. The van der Waals surface area contributed by atoms with E-state index in [0.29, 0.717) is 12.8 Å². The van der Waals surface area contributed by atoms with Crippen LogP contribution in [0.5, 0.6) is 0 Å². The summed E-state index contributed by atoms with van der Waals surface area (Å²) in [7, 11) is 3.61. The van der Waals surface area contributed by atoms with Gasteiger partial charge in [-0.1, -0.05) is 100.0 Å². The van der Waals surface area contributed by atoms with Gasteiger partial charge in [0.25, 0.3) is 0 Å². The van der Waals surface area contributed by atoms with E-state index in [2.05, 4.69) is 48.1 Å². The second-order valence-corrected chi connectivity index (χ2v) is 14.6. The summed E-state index contributed by atoms with van der Waals surface area (Å²) >= 11 is 1.79. The van der Waals surface area contributed by atoms with Gasteiger partial charge in [0.15, 0.2) is 0 Å². The van der Waals surface area contributed by atoms with Crippen molar-refractivity contribution in [3.63, 3.8) is 0 Å². The lowest BCUT2D eigenvalue weighted by atomic mass is 10.1. The number of hydrogen-bond donors (Lipinski definition) is 2. The van der Waals surface area contributed by atoms with Crippen LogP contribution in [-0.4, -0.2) is 71.1 Å². The van der Waals surface area contributed by atoms with Crippen molar-refractivity contribution in [2.45, 2.75) is 148 Å². The van der Waals surface area contributed by atoms with Crippen LogP contribution in [0.25, 0.3) is 0 Å². The number of amides is 4. The summed E-state index contributed by atoms with van der Waals surface area (Å²) in [6.45, 7) is 10.5. The van der Waals surface area contributed by atoms with Gasteiger partial charge in [0.05, 0.1) is 6.04 Å². The molecule has 0 fully saturated rings. The minimum absolute atomic E-state index is 0.00779. The molecule has 294 valence electrons. The molecule has 2 atom stereocenters. The number of nitrogens with one attached hydrogen (secondary N) is 2. The Labute approximate surface area is 321 Å². The molecule has 0 aliphatic carbocycles. The van der Waals surface area contributed by atoms with E-state index in [1.165, 1.54) is 12.8 Å². The second-order valence-electron chi connectivity index (χ2n) is 13.5. The summed E-state index contributed by atoms with van der Waals surface area (Å²) in [5.41, 5.74) is 0. The fourth-order valence-corrected chi connectivity index (χ4v) is 6.50. The van der Waals surface area contributed by atoms with E-state index in [1.54, 1.807) is 49.5 Å². The molecule has 8 nitrogen and oxygen atoms in total. The number of unbranched alkanes of at least 4 members (excludes halogenated alkanes) is 12. The lowest BCUT2D eigenvalue weighted by molar-refractivity contribution is -0.128. The third kappa shape index (κ3) is 31.4. The standard InChI is InChI=1S/C43H72N4O4S/c1-7-9-27-34-46(5)42(50)31-25-21-17-13-11-15-19-23-29-40(44-38(3)48)33-36-52-37-41(45-39(4)49)30-24-20-16-12-14-18-22-26-32-43(51)47(6)35-28-10-8-2/h7-8,23-24,27-30,34-35,40-41H,1-2,9-22,25-26,31-33,36-37H2,3-6H3,(H,44,48)(H,45,49)/b29-23+,30-24+,34-27+,35-28+/t40-,41-/m1/s1. The van der Waals surface area contributed by atoms with Crippen LogP contribution in [0.3, 0.4) is 0 Å². The third-order valence-corrected chi connectivity index (χ3v) is 9.58. The molecule has 0 aromatic carbocycles. The van der Waals surface area contributed by atoms with Crippen molar-refractivity contribution in [3.8, 4) is 0 Å². The SMILES string of the molecule is C=CC/C=C/N(C)C(=O)CCCCCCCC/C=C/[C@H](CCSC[C@@H](/C=C/CCCCCCCCC(=O)N(C)/C=C/CC=C)NC(C)=O)NC(C)=O. The summed E-state index contributed by atoms with van der Waals surface area (Å²) < 4.78 is 0. The predicted molar refractivity (Wildman–Crippen MR) is 223 cm³/mol. The van der Waals surface area contributed by atoms with Gasteiger partial charge < -0.3 is 20.4 Å². The monoisotopic (exact) mass is 741 g/mol. The number of allylic oxidation sites excluding steroid dienone is 6. The Morgan fingerprint density at radius 2 is 1.00 bits per heavy atom. The smallest absolute Gasteiger partial charge is 0.226 e. The molecule has 0 bridgehead atoms. The van der Waals surface area contributed by atoms with Crippen molar-refractivity contribution in [2.24, 2.45) is 0 Å². The molecule has 52 heavy (non-hydrogen) atoms. The average Bonchev–Trinajstić information content (AvgIpc) is 3.10. The molecule has 0 aliphatic rings. The highest BCUT2D eigenvalue weighted by atomic mass is 32.2. The molecule has 9 heteroatoms. The molecule has 4 amide bonds. The first-order chi connectivity index (χ1) is 25.1. The summed E-state index contributed by atoms with van der Waals surface area (Å²) in [5.74, 6) is 1.94. The number of nitrogens with zero attached hydrogens (tertiary/aromatic N) is 2. The fraction of sp³-hybridized carbons (Fsp3) is 0.628. The minimum atomic E-state index is -0.0298. The fourth-order valence-electron chi connectivity index (χ4n) is 5.47. The number of hydrogen-bond acceptors (Lipinski definition) is 5. The van der Waals surface area contributed by atoms with Crippen LogP contribution in [-0.2, 0) is 19.2 Å². The molecule has 0 heterocycles. The maximum absolute atomic E-state index is 12.1.